The molecule has 0 atom stereocenters. The number of aromatic nitrogens is 6. The highest BCUT2D eigenvalue weighted by Crippen LogP contribution is 2.36. The zero-order chi connectivity index (χ0) is 22.6. The van der Waals surface area contributed by atoms with Crippen LogP contribution in [0.3, 0.4) is 0 Å². The van der Waals surface area contributed by atoms with Crippen molar-refractivity contribution in [2.75, 3.05) is 7.11 Å². The predicted molar refractivity (Wildman–Crippen MR) is 120 cm³/mol. The first kappa shape index (κ1) is 19.9. The second-order valence-corrected chi connectivity index (χ2v) is 7.62. The summed E-state index contributed by atoms with van der Waals surface area (Å²) in [6.07, 6.45) is 8.51. The molecule has 0 saturated heterocycles. The molecule has 0 N–H and O–H groups in total. The fraction of sp³-hybridized carbons (Fsp3) is 0.217. The molecule has 162 valence electrons. The summed E-state index contributed by atoms with van der Waals surface area (Å²) >= 11 is 0. The minimum atomic E-state index is -0.551. The van der Waals surface area contributed by atoms with Gasteiger partial charge in [-0.25, -0.2) is 9.18 Å². The number of nitrogens with zero attached hydrogens (tertiary/aromatic N) is 6. The molecule has 8 nitrogen and oxygen atoms in total. The molecule has 0 radical (unpaired) electrons. The molecule has 0 fully saturated rings. The molecule has 4 aromatic heterocycles. The molecule has 1 aromatic carbocycles. The Balaban J connectivity index is 1.96. The van der Waals surface area contributed by atoms with Crippen LogP contribution < -0.4 is 10.4 Å². The summed E-state index contributed by atoms with van der Waals surface area (Å²) in [7, 11) is 5.09. The molecule has 5 aromatic rings. The van der Waals surface area contributed by atoms with Gasteiger partial charge in [-0.1, -0.05) is 6.92 Å². The molecule has 0 spiro atoms. The van der Waals surface area contributed by atoms with Crippen molar-refractivity contribution < 1.29 is 9.13 Å². The van der Waals surface area contributed by atoms with E-state index in [1.165, 1.54) is 9.13 Å². The zero-order valence-corrected chi connectivity index (χ0v) is 18.1. The van der Waals surface area contributed by atoms with E-state index < -0.39 is 5.82 Å². The smallest absolute Gasteiger partial charge is 0.333 e. The van der Waals surface area contributed by atoms with E-state index in [-0.39, 0.29) is 11.4 Å². The number of hydrogen-bond donors (Lipinski definition) is 0. The van der Waals surface area contributed by atoms with Crippen LogP contribution >= 0.6 is 0 Å². The van der Waals surface area contributed by atoms with Crippen LogP contribution in [0.2, 0.25) is 0 Å². The lowest BCUT2D eigenvalue weighted by atomic mass is 10.0. The average molecular weight is 432 g/mol. The van der Waals surface area contributed by atoms with Crippen LogP contribution in [0.1, 0.15) is 12.5 Å². The van der Waals surface area contributed by atoms with Gasteiger partial charge in [-0.3, -0.25) is 23.8 Å². The molecule has 0 amide bonds. The third-order valence-corrected chi connectivity index (χ3v) is 5.77. The van der Waals surface area contributed by atoms with Crippen molar-refractivity contribution in [3.8, 4) is 22.6 Å². The van der Waals surface area contributed by atoms with Crippen LogP contribution in [-0.4, -0.2) is 36.0 Å². The number of methoxy groups -OCH3 is 1. The first-order valence-corrected chi connectivity index (χ1v) is 10.1. The standard InChI is InChI=1S/C23H21FN6O2/c1-5-13-8-25-10-17(24)21(13)30-22-16-6-15(14-9-27-28(2)12-14)20(32-4)7-18(16)26-11-19(22)29(3)23(30)31/h6-12H,5H2,1-4H3. The van der Waals surface area contributed by atoms with Gasteiger partial charge in [-0.05, 0) is 18.1 Å². The number of aryl methyl sites for hydroxylation is 3. The largest absolute Gasteiger partial charge is 0.496 e. The van der Waals surface area contributed by atoms with Gasteiger partial charge in [0.1, 0.15) is 5.75 Å². The fourth-order valence-corrected chi connectivity index (χ4v) is 4.16. The normalized spacial score (nSPS) is 11.5. The molecule has 9 heteroatoms. The molecule has 5 rings (SSSR count). The van der Waals surface area contributed by atoms with Crippen LogP contribution in [0.4, 0.5) is 4.39 Å². The Morgan fingerprint density at radius 3 is 2.62 bits per heavy atom. The van der Waals surface area contributed by atoms with E-state index >= 15 is 4.39 Å². The van der Waals surface area contributed by atoms with E-state index in [4.69, 9.17) is 4.74 Å². The number of pyridine rings is 2. The van der Waals surface area contributed by atoms with Gasteiger partial charge in [0, 0.05) is 49.1 Å². The first-order chi connectivity index (χ1) is 15.4. The van der Waals surface area contributed by atoms with Crippen molar-refractivity contribution in [2.24, 2.45) is 14.1 Å². The van der Waals surface area contributed by atoms with Crippen molar-refractivity contribution in [3.05, 3.63) is 65.0 Å². The van der Waals surface area contributed by atoms with Gasteiger partial charge in [-0.2, -0.15) is 5.10 Å². The van der Waals surface area contributed by atoms with Gasteiger partial charge in [0.25, 0.3) is 0 Å². The van der Waals surface area contributed by atoms with Gasteiger partial charge in [-0.15, -0.1) is 0 Å². The summed E-state index contributed by atoms with van der Waals surface area (Å²) < 4.78 is 25.2. The maximum absolute atomic E-state index is 15.0. The van der Waals surface area contributed by atoms with Crippen molar-refractivity contribution in [2.45, 2.75) is 13.3 Å². The summed E-state index contributed by atoms with van der Waals surface area (Å²) in [6, 6.07) is 3.74. The highest BCUT2D eigenvalue weighted by Gasteiger charge is 2.22. The molecule has 0 unspecified atom stereocenters. The number of imidazole rings is 1. The Morgan fingerprint density at radius 2 is 1.94 bits per heavy atom. The molecule has 4 heterocycles. The Kier molecular flexibility index (Phi) is 4.54. The van der Waals surface area contributed by atoms with Crippen molar-refractivity contribution in [3.63, 3.8) is 0 Å². The van der Waals surface area contributed by atoms with Gasteiger partial charge >= 0.3 is 5.69 Å². The van der Waals surface area contributed by atoms with Crippen molar-refractivity contribution >= 4 is 21.9 Å². The summed E-state index contributed by atoms with van der Waals surface area (Å²) in [5.41, 5.74) is 3.98. The van der Waals surface area contributed by atoms with Crippen molar-refractivity contribution in [1.29, 1.82) is 0 Å². The second-order valence-electron chi connectivity index (χ2n) is 7.62. The van der Waals surface area contributed by atoms with E-state index in [9.17, 15) is 4.79 Å². The van der Waals surface area contributed by atoms with Crippen LogP contribution in [0.25, 0.3) is 38.8 Å². The molecule has 0 aliphatic heterocycles. The maximum atomic E-state index is 15.0. The quantitative estimate of drug-likeness (QED) is 0.435. The molecule has 0 aliphatic rings. The number of hydrogen-bond acceptors (Lipinski definition) is 5. The van der Waals surface area contributed by atoms with Crippen LogP contribution in [0, 0.1) is 5.82 Å². The SMILES string of the molecule is CCc1cncc(F)c1-n1c(=O)n(C)c2cnc3cc(OC)c(-c4cnn(C)c4)cc3c21. The van der Waals surface area contributed by atoms with Gasteiger partial charge in [0.2, 0.25) is 0 Å². The Hall–Kier alpha value is -4.01. The average Bonchev–Trinajstić information content (AvgIpc) is 3.34. The number of ether oxygens (including phenoxy) is 1. The topological polar surface area (TPSA) is 79.8 Å². The van der Waals surface area contributed by atoms with Gasteiger partial charge in [0.15, 0.2) is 5.82 Å². The summed E-state index contributed by atoms with van der Waals surface area (Å²) in [5.74, 6) is 0.0800. The highest BCUT2D eigenvalue weighted by molar-refractivity contribution is 6.05. The number of halogens is 1. The monoisotopic (exact) mass is 432 g/mol. The molecule has 32 heavy (non-hydrogen) atoms. The molecular weight excluding hydrogens is 411 g/mol. The van der Waals surface area contributed by atoms with Crippen LogP contribution in [0.5, 0.6) is 5.75 Å². The van der Waals surface area contributed by atoms with E-state index in [0.29, 0.717) is 39.7 Å². The molecule has 0 bridgehead atoms. The van der Waals surface area contributed by atoms with Crippen molar-refractivity contribution in [1.82, 2.24) is 28.9 Å². The zero-order valence-electron chi connectivity index (χ0n) is 18.1. The third kappa shape index (κ3) is 2.81. The molecular formula is C23H21FN6O2. The number of rotatable bonds is 4. The van der Waals surface area contributed by atoms with E-state index in [0.717, 1.165) is 17.3 Å². The maximum Gasteiger partial charge on any atom is 0.333 e. The fourth-order valence-electron chi connectivity index (χ4n) is 4.16. The highest BCUT2D eigenvalue weighted by atomic mass is 19.1. The van der Waals surface area contributed by atoms with Gasteiger partial charge < -0.3 is 4.74 Å². The molecule has 0 saturated carbocycles. The predicted octanol–water partition coefficient (Wildman–Crippen LogP) is 3.38. The molecule has 0 aliphatic carbocycles. The van der Waals surface area contributed by atoms with Crippen LogP contribution in [0.15, 0.2) is 47.9 Å². The lowest BCUT2D eigenvalue weighted by Gasteiger charge is -2.13. The number of benzene rings is 1. The lowest BCUT2D eigenvalue weighted by Crippen LogP contribution is -2.22. The minimum Gasteiger partial charge on any atom is -0.496 e. The summed E-state index contributed by atoms with van der Waals surface area (Å²) in [5, 5.41) is 4.96. The summed E-state index contributed by atoms with van der Waals surface area (Å²) in [6.45, 7) is 1.90. The first-order valence-electron chi connectivity index (χ1n) is 10.1. The van der Waals surface area contributed by atoms with Gasteiger partial charge in [0.05, 0.1) is 47.9 Å². The Bertz CT molecular complexity index is 1560. The second kappa shape index (κ2) is 7.30. The number of fused-ring (bicyclic) bond motifs is 3. The van der Waals surface area contributed by atoms with E-state index in [1.54, 1.807) is 37.4 Å². The Labute approximate surface area is 182 Å². The van der Waals surface area contributed by atoms with Crippen LogP contribution in [-0.2, 0) is 20.5 Å². The Morgan fingerprint density at radius 1 is 1.12 bits per heavy atom. The van der Waals surface area contributed by atoms with E-state index in [2.05, 4.69) is 15.1 Å². The lowest BCUT2D eigenvalue weighted by molar-refractivity contribution is 0.417. The summed E-state index contributed by atoms with van der Waals surface area (Å²) in [4.78, 5) is 21.8. The minimum absolute atomic E-state index is 0.212. The third-order valence-electron chi connectivity index (χ3n) is 5.77. The van der Waals surface area contributed by atoms with E-state index in [1.807, 2.05) is 32.3 Å².